The molecular formula is C20H22O5. The Bertz CT molecular complexity index is 739. The first kappa shape index (κ1) is 17.3. The minimum absolute atomic E-state index is 0.131. The monoisotopic (exact) mass is 342 g/mol. The summed E-state index contributed by atoms with van der Waals surface area (Å²) in [7, 11) is 0. The number of hydrogen-bond donors (Lipinski definition) is 2. The Morgan fingerprint density at radius 1 is 1.24 bits per heavy atom. The maximum Gasteiger partial charge on any atom is 0.338 e. The number of phenols is 1. The average molecular weight is 342 g/mol. The molecule has 0 saturated heterocycles. The predicted octanol–water partition coefficient (Wildman–Crippen LogP) is 3.50. The summed E-state index contributed by atoms with van der Waals surface area (Å²) in [6.45, 7) is 3.73. The number of hydrogen-bond acceptors (Lipinski definition) is 5. The van der Waals surface area contributed by atoms with E-state index in [0.29, 0.717) is 22.8 Å². The average Bonchev–Trinajstić information content (AvgIpc) is 3.39. The molecule has 0 aliphatic heterocycles. The van der Waals surface area contributed by atoms with Gasteiger partial charge in [0.05, 0.1) is 18.3 Å². The highest BCUT2D eigenvalue weighted by molar-refractivity contribution is 5.90. The summed E-state index contributed by atoms with van der Waals surface area (Å²) in [5, 5.41) is 21.0. The van der Waals surface area contributed by atoms with E-state index in [2.05, 4.69) is 0 Å². The van der Waals surface area contributed by atoms with Gasteiger partial charge in [0.25, 0.3) is 0 Å². The van der Waals surface area contributed by atoms with Gasteiger partial charge in [-0.3, -0.25) is 0 Å². The molecule has 25 heavy (non-hydrogen) atoms. The zero-order chi connectivity index (χ0) is 18.0. The molecule has 2 N–H and O–H groups in total. The number of ether oxygens (including phenoxy) is 2. The number of rotatable bonds is 6. The van der Waals surface area contributed by atoms with Gasteiger partial charge in [-0.25, -0.2) is 4.79 Å². The number of aryl methyl sites for hydroxylation is 1. The fourth-order valence-electron chi connectivity index (χ4n) is 2.74. The number of esters is 1. The fraction of sp³-hybridized carbons (Fsp3) is 0.350. The number of carbonyl (C=O) groups is 1. The van der Waals surface area contributed by atoms with E-state index in [4.69, 9.17) is 9.47 Å². The number of benzene rings is 2. The lowest BCUT2D eigenvalue weighted by atomic mass is 9.94. The van der Waals surface area contributed by atoms with Gasteiger partial charge in [-0.1, -0.05) is 12.1 Å². The second kappa shape index (κ2) is 7.15. The number of aliphatic hydroxyl groups is 1. The highest BCUT2D eigenvalue weighted by atomic mass is 16.5. The first-order valence-electron chi connectivity index (χ1n) is 8.45. The summed E-state index contributed by atoms with van der Waals surface area (Å²) in [4.78, 5) is 11.8. The molecule has 0 aromatic heterocycles. The zero-order valence-electron chi connectivity index (χ0n) is 14.4. The summed E-state index contributed by atoms with van der Waals surface area (Å²) >= 11 is 0. The van der Waals surface area contributed by atoms with Gasteiger partial charge in [-0.05, 0) is 62.1 Å². The van der Waals surface area contributed by atoms with Gasteiger partial charge >= 0.3 is 5.97 Å². The maximum atomic E-state index is 11.8. The van der Waals surface area contributed by atoms with Crippen LogP contribution in [0.5, 0.6) is 11.5 Å². The van der Waals surface area contributed by atoms with Crippen molar-refractivity contribution in [2.75, 3.05) is 6.61 Å². The van der Waals surface area contributed by atoms with Crippen LogP contribution in [0.25, 0.3) is 0 Å². The van der Waals surface area contributed by atoms with Gasteiger partial charge < -0.3 is 19.7 Å². The van der Waals surface area contributed by atoms with Gasteiger partial charge in [-0.2, -0.15) is 0 Å². The summed E-state index contributed by atoms with van der Waals surface area (Å²) < 4.78 is 10.6. The number of aliphatic hydroxyl groups excluding tert-OH is 1. The Hall–Kier alpha value is -2.53. The molecule has 1 fully saturated rings. The summed E-state index contributed by atoms with van der Waals surface area (Å²) in [6, 6.07) is 10.1. The van der Waals surface area contributed by atoms with Crippen LogP contribution in [-0.2, 0) is 4.74 Å². The molecule has 3 rings (SSSR count). The van der Waals surface area contributed by atoms with E-state index in [0.717, 1.165) is 18.6 Å². The molecule has 0 spiro atoms. The van der Waals surface area contributed by atoms with Crippen molar-refractivity contribution < 1.29 is 24.5 Å². The Balaban J connectivity index is 1.83. The SMILES string of the molecule is CCOC(=O)c1cc(C)c(C(O)c2ccc(OC3CC3)cc2)c(O)c1. The van der Waals surface area contributed by atoms with Crippen molar-refractivity contribution in [3.63, 3.8) is 0 Å². The highest BCUT2D eigenvalue weighted by Gasteiger charge is 2.24. The van der Waals surface area contributed by atoms with E-state index in [1.54, 1.807) is 32.0 Å². The standard InChI is InChI=1S/C20H22O5/c1-3-24-20(23)14-10-12(2)18(17(21)11-14)19(22)13-4-6-15(7-5-13)25-16-8-9-16/h4-7,10-11,16,19,21-22H,3,8-9H2,1-2H3. The van der Waals surface area contributed by atoms with E-state index in [1.807, 2.05) is 12.1 Å². The van der Waals surface area contributed by atoms with Crippen molar-refractivity contribution in [1.29, 1.82) is 0 Å². The van der Waals surface area contributed by atoms with Crippen LogP contribution in [0, 0.1) is 6.92 Å². The molecule has 132 valence electrons. The Morgan fingerprint density at radius 2 is 1.92 bits per heavy atom. The third kappa shape index (κ3) is 3.94. The van der Waals surface area contributed by atoms with Crippen LogP contribution >= 0.6 is 0 Å². The molecule has 5 nitrogen and oxygen atoms in total. The van der Waals surface area contributed by atoms with Crippen molar-refractivity contribution in [3.8, 4) is 11.5 Å². The molecule has 0 radical (unpaired) electrons. The molecular weight excluding hydrogens is 320 g/mol. The minimum atomic E-state index is -0.994. The first-order valence-corrected chi connectivity index (χ1v) is 8.45. The quantitative estimate of drug-likeness (QED) is 0.786. The van der Waals surface area contributed by atoms with Gasteiger partial charge in [0.2, 0.25) is 0 Å². The number of aromatic hydroxyl groups is 1. The topological polar surface area (TPSA) is 76.0 Å². The van der Waals surface area contributed by atoms with Crippen LogP contribution in [0.3, 0.4) is 0 Å². The lowest BCUT2D eigenvalue weighted by Crippen LogP contribution is -2.08. The maximum absolute atomic E-state index is 11.8. The number of phenolic OH excluding ortho intramolecular Hbond substituents is 1. The first-order chi connectivity index (χ1) is 12.0. The summed E-state index contributed by atoms with van der Waals surface area (Å²) in [5.74, 6) is 0.148. The fourth-order valence-corrected chi connectivity index (χ4v) is 2.74. The molecule has 1 atom stereocenters. The van der Waals surface area contributed by atoms with Crippen LogP contribution in [0.15, 0.2) is 36.4 Å². The van der Waals surface area contributed by atoms with Crippen LogP contribution in [0.2, 0.25) is 0 Å². The van der Waals surface area contributed by atoms with Crippen molar-refractivity contribution in [1.82, 2.24) is 0 Å². The number of carbonyl (C=O) groups excluding carboxylic acids is 1. The zero-order valence-corrected chi connectivity index (χ0v) is 14.4. The Labute approximate surface area is 146 Å². The molecule has 2 aromatic carbocycles. The molecule has 1 aliphatic carbocycles. The predicted molar refractivity (Wildman–Crippen MR) is 93.0 cm³/mol. The lowest BCUT2D eigenvalue weighted by molar-refractivity contribution is 0.0525. The molecule has 1 unspecified atom stereocenters. The van der Waals surface area contributed by atoms with Crippen LogP contribution in [0.4, 0.5) is 0 Å². The van der Waals surface area contributed by atoms with Gasteiger partial charge in [0.15, 0.2) is 0 Å². The third-order valence-corrected chi connectivity index (χ3v) is 4.17. The molecule has 0 bridgehead atoms. The van der Waals surface area contributed by atoms with Gasteiger partial charge in [-0.15, -0.1) is 0 Å². The van der Waals surface area contributed by atoms with Crippen LogP contribution in [0.1, 0.15) is 52.9 Å². The second-order valence-corrected chi connectivity index (χ2v) is 6.24. The molecule has 2 aromatic rings. The van der Waals surface area contributed by atoms with Crippen molar-refractivity contribution in [3.05, 3.63) is 58.7 Å². The molecule has 0 heterocycles. The third-order valence-electron chi connectivity index (χ3n) is 4.17. The molecule has 0 amide bonds. The van der Waals surface area contributed by atoms with E-state index >= 15 is 0 Å². The van der Waals surface area contributed by atoms with Crippen molar-refractivity contribution >= 4 is 5.97 Å². The molecule has 1 saturated carbocycles. The normalized spacial score (nSPS) is 14.8. The molecule has 1 aliphatic rings. The van der Waals surface area contributed by atoms with E-state index in [1.165, 1.54) is 6.07 Å². The summed E-state index contributed by atoms with van der Waals surface area (Å²) in [6.07, 6.45) is 1.50. The van der Waals surface area contributed by atoms with E-state index in [9.17, 15) is 15.0 Å². The highest BCUT2D eigenvalue weighted by Crippen LogP contribution is 2.34. The Kier molecular flexibility index (Phi) is 4.95. The van der Waals surface area contributed by atoms with Gasteiger partial charge in [0, 0.05) is 5.56 Å². The van der Waals surface area contributed by atoms with Crippen molar-refractivity contribution in [2.45, 2.75) is 38.9 Å². The molecule has 5 heteroatoms. The van der Waals surface area contributed by atoms with E-state index < -0.39 is 12.1 Å². The lowest BCUT2D eigenvalue weighted by Gasteiger charge is -2.17. The van der Waals surface area contributed by atoms with Gasteiger partial charge in [0.1, 0.15) is 17.6 Å². The largest absolute Gasteiger partial charge is 0.508 e. The van der Waals surface area contributed by atoms with Crippen molar-refractivity contribution in [2.24, 2.45) is 0 Å². The van der Waals surface area contributed by atoms with E-state index in [-0.39, 0.29) is 17.9 Å². The smallest absolute Gasteiger partial charge is 0.338 e. The Morgan fingerprint density at radius 3 is 2.48 bits per heavy atom. The second-order valence-electron chi connectivity index (χ2n) is 6.24. The van der Waals surface area contributed by atoms with Crippen LogP contribution < -0.4 is 4.74 Å². The minimum Gasteiger partial charge on any atom is -0.508 e. The van der Waals surface area contributed by atoms with Crippen LogP contribution in [-0.4, -0.2) is 28.9 Å². The summed E-state index contributed by atoms with van der Waals surface area (Å²) in [5.41, 5.74) is 1.91.